The van der Waals surface area contributed by atoms with E-state index >= 15 is 0 Å². The number of hydrogen-bond acceptors (Lipinski definition) is 2. The summed E-state index contributed by atoms with van der Waals surface area (Å²) in [7, 11) is 0. The molecule has 0 saturated carbocycles. The Balaban J connectivity index is 0.00000161. The molecule has 2 aromatic carbocycles. The molecule has 112 valence electrons. The molecule has 0 radical (unpaired) electrons. The second-order valence-electron chi connectivity index (χ2n) is 5.45. The standard InChI is InChI=1S/C17H20N2O.ClH/c20-17(13-19-10-4-1-5-11-19)18-16-9-8-14-6-2-3-7-15(14)12-16;/h2-3,6-9,12H,1,4-5,10-11,13H2,(H,18,20);1H/p-1. The molecule has 0 aromatic heterocycles. The van der Waals surface area contributed by atoms with Crippen molar-refractivity contribution < 1.29 is 17.2 Å². The van der Waals surface area contributed by atoms with Crippen molar-refractivity contribution in [1.29, 1.82) is 0 Å². The van der Waals surface area contributed by atoms with Gasteiger partial charge in [-0.25, -0.2) is 0 Å². The Bertz CT molecular complexity index is 609. The van der Waals surface area contributed by atoms with Gasteiger partial charge in [-0.2, -0.15) is 0 Å². The van der Waals surface area contributed by atoms with Crippen LogP contribution in [0.2, 0.25) is 0 Å². The van der Waals surface area contributed by atoms with E-state index < -0.39 is 0 Å². The summed E-state index contributed by atoms with van der Waals surface area (Å²) < 4.78 is 0. The van der Waals surface area contributed by atoms with E-state index in [2.05, 4.69) is 22.3 Å². The fourth-order valence-corrected chi connectivity index (χ4v) is 2.79. The largest absolute Gasteiger partial charge is 1.00 e. The zero-order valence-corrected chi connectivity index (χ0v) is 12.8. The first kappa shape index (κ1) is 15.8. The monoisotopic (exact) mass is 303 g/mol. The van der Waals surface area contributed by atoms with E-state index in [0.717, 1.165) is 24.2 Å². The molecule has 1 saturated heterocycles. The maximum atomic E-state index is 12.1. The number of likely N-dealkylation sites (tertiary alicyclic amines) is 1. The van der Waals surface area contributed by atoms with E-state index in [1.165, 1.54) is 24.6 Å². The van der Waals surface area contributed by atoms with Gasteiger partial charge in [0, 0.05) is 5.69 Å². The van der Waals surface area contributed by atoms with Crippen molar-refractivity contribution in [1.82, 2.24) is 4.90 Å². The van der Waals surface area contributed by atoms with Gasteiger partial charge < -0.3 is 17.7 Å². The summed E-state index contributed by atoms with van der Waals surface area (Å²) in [6.07, 6.45) is 3.72. The van der Waals surface area contributed by atoms with Gasteiger partial charge >= 0.3 is 0 Å². The van der Waals surface area contributed by atoms with E-state index in [-0.39, 0.29) is 18.3 Å². The predicted molar refractivity (Wildman–Crippen MR) is 82.9 cm³/mol. The number of benzene rings is 2. The van der Waals surface area contributed by atoms with Gasteiger partial charge in [-0.15, -0.1) is 0 Å². The molecule has 1 fully saturated rings. The third kappa shape index (κ3) is 4.19. The van der Waals surface area contributed by atoms with Crippen molar-refractivity contribution >= 4 is 22.4 Å². The lowest BCUT2D eigenvalue weighted by Gasteiger charge is -2.25. The molecular weight excluding hydrogens is 284 g/mol. The van der Waals surface area contributed by atoms with E-state index in [1.807, 2.05) is 30.3 Å². The summed E-state index contributed by atoms with van der Waals surface area (Å²) in [4.78, 5) is 14.3. The smallest absolute Gasteiger partial charge is 0.238 e. The Morgan fingerprint density at radius 3 is 2.48 bits per heavy atom. The maximum Gasteiger partial charge on any atom is 0.238 e. The lowest BCUT2D eigenvalue weighted by molar-refractivity contribution is -0.117. The van der Waals surface area contributed by atoms with Crippen molar-refractivity contribution in [3.05, 3.63) is 42.5 Å². The van der Waals surface area contributed by atoms with Gasteiger partial charge in [-0.05, 0) is 48.8 Å². The molecule has 1 heterocycles. The van der Waals surface area contributed by atoms with Crippen LogP contribution in [0.15, 0.2) is 42.5 Å². The lowest BCUT2D eigenvalue weighted by Crippen LogP contribution is -3.00. The van der Waals surface area contributed by atoms with E-state index in [4.69, 9.17) is 0 Å². The summed E-state index contributed by atoms with van der Waals surface area (Å²) in [6, 6.07) is 14.2. The summed E-state index contributed by atoms with van der Waals surface area (Å²) in [5, 5.41) is 5.35. The fraction of sp³-hybridized carbons (Fsp3) is 0.353. The first-order chi connectivity index (χ1) is 9.81. The number of fused-ring (bicyclic) bond motifs is 1. The molecule has 0 unspecified atom stereocenters. The molecule has 0 bridgehead atoms. The summed E-state index contributed by atoms with van der Waals surface area (Å²) in [6.45, 7) is 2.60. The summed E-state index contributed by atoms with van der Waals surface area (Å²) in [5.74, 6) is 0.0854. The van der Waals surface area contributed by atoms with Gasteiger partial charge in [-0.1, -0.05) is 36.8 Å². The molecule has 1 aliphatic heterocycles. The molecule has 3 rings (SSSR count). The van der Waals surface area contributed by atoms with E-state index in [0.29, 0.717) is 6.54 Å². The highest BCUT2D eigenvalue weighted by Gasteiger charge is 2.13. The number of anilines is 1. The summed E-state index contributed by atoms with van der Waals surface area (Å²) in [5.41, 5.74) is 0.880. The minimum absolute atomic E-state index is 0. The van der Waals surface area contributed by atoms with Crippen LogP contribution in [0.1, 0.15) is 19.3 Å². The Morgan fingerprint density at radius 2 is 1.71 bits per heavy atom. The highest BCUT2D eigenvalue weighted by molar-refractivity contribution is 5.95. The number of halogens is 1. The van der Waals surface area contributed by atoms with Gasteiger partial charge in [0.25, 0.3) is 0 Å². The maximum absolute atomic E-state index is 12.1. The Kier molecular flexibility index (Phi) is 5.59. The number of carbonyl (C=O) groups is 1. The van der Waals surface area contributed by atoms with E-state index in [9.17, 15) is 4.79 Å². The molecule has 1 aliphatic rings. The van der Waals surface area contributed by atoms with Gasteiger partial charge in [0.15, 0.2) is 0 Å². The van der Waals surface area contributed by atoms with Crippen LogP contribution in [0.4, 0.5) is 5.69 Å². The van der Waals surface area contributed by atoms with Crippen LogP contribution in [-0.2, 0) is 4.79 Å². The average Bonchev–Trinajstić information content (AvgIpc) is 2.48. The zero-order valence-electron chi connectivity index (χ0n) is 12.0. The molecule has 1 amide bonds. The van der Waals surface area contributed by atoms with Crippen LogP contribution in [0.5, 0.6) is 0 Å². The fourth-order valence-electron chi connectivity index (χ4n) is 2.79. The molecule has 0 aliphatic carbocycles. The molecule has 2 aromatic rings. The number of amides is 1. The first-order valence-electron chi connectivity index (χ1n) is 7.32. The lowest BCUT2D eigenvalue weighted by atomic mass is 10.1. The molecule has 0 spiro atoms. The Morgan fingerprint density at radius 1 is 1.00 bits per heavy atom. The van der Waals surface area contributed by atoms with Crippen molar-refractivity contribution in [2.75, 3.05) is 25.0 Å². The molecule has 21 heavy (non-hydrogen) atoms. The van der Waals surface area contributed by atoms with Crippen LogP contribution in [0, 0.1) is 0 Å². The second-order valence-corrected chi connectivity index (χ2v) is 5.45. The minimum atomic E-state index is 0. The third-order valence-electron chi connectivity index (χ3n) is 3.85. The van der Waals surface area contributed by atoms with Crippen molar-refractivity contribution in [3.8, 4) is 0 Å². The second kappa shape index (κ2) is 7.43. The van der Waals surface area contributed by atoms with Gasteiger partial charge in [0.05, 0.1) is 6.54 Å². The Hall–Kier alpha value is -1.58. The van der Waals surface area contributed by atoms with Crippen molar-refractivity contribution in [3.63, 3.8) is 0 Å². The van der Waals surface area contributed by atoms with E-state index in [1.54, 1.807) is 0 Å². The normalized spacial score (nSPS) is 15.4. The number of carbonyl (C=O) groups excluding carboxylic acids is 1. The molecule has 1 N–H and O–H groups in total. The number of hydrogen-bond donors (Lipinski definition) is 1. The molecular formula is C17H20ClN2O-. The van der Waals surface area contributed by atoms with Crippen molar-refractivity contribution in [2.24, 2.45) is 0 Å². The van der Waals surface area contributed by atoms with Gasteiger partial charge in [0.1, 0.15) is 0 Å². The molecule has 3 nitrogen and oxygen atoms in total. The van der Waals surface area contributed by atoms with Crippen LogP contribution >= 0.6 is 0 Å². The predicted octanol–water partition coefficient (Wildman–Crippen LogP) is 0.268. The van der Waals surface area contributed by atoms with Crippen LogP contribution in [-0.4, -0.2) is 30.4 Å². The number of piperidine rings is 1. The van der Waals surface area contributed by atoms with Gasteiger partial charge in [-0.3, -0.25) is 9.69 Å². The van der Waals surface area contributed by atoms with Crippen LogP contribution < -0.4 is 17.7 Å². The highest BCUT2D eigenvalue weighted by atomic mass is 35.5. The average molecular weight is 304 g/mol. The zero-order chi connectivity index (χ0) is 13.8. The SMILES string of the molecule is O=C(CN1CCCCC1)Nc1ccc2ccccc2c1.[Cl-]. The number of rotatable bonds is 3. The van der Waals surface area contributed by atoms with Crippen molar-refractivity contribution in [2.45, 2.75) is 19.3 Å². The third-order valence-corrected chi connectivity index (χ3v) is 3.85. The van der Waals surface area contributed by atoms with Crippen LogP contribution in [0.3, 0.4) is 0 Å². The topological polar surface area (TPSA) is 32.3 Å². The van der Waals surface area contributed by atoms with Gasteiger partial charge in [0.2, 0.25) is 5.91 Å². The number of nitrogens with zero attached hydrogens (tertiary/aromatic N) is 1. The molecule has 0 atom stereocenters. The van der Waals surface area contributed by atoms with Crippen LogP contribution in [0.25, 0.3) is 10.8 Å². The number of nitrogens with one attached hydrogen (secondary N) is 1. The highest BCUT2D eigenvalue weighted by Crippen LogP contribution is 2.19. The molecule has 4 heteroatoms. The first-order valence-corrected chi connectivity index (χ1v) is 7.32. The Labute approximate surface area is 131 Å². The minimum Gasteiger partial charge on any atom is -1.00 e. The summed E-state index contributed by atoms with van der Waals surface area (Å²) >= 11 is 0. The quantitative estimate of drug-likeness (QED) is 0.883.